The molecule has 0 radical (unpaired) electrons. The molecular formula is C13H19Cl2N5O. The van der Waals surface area contributed by atoms with Gasteiger partial charge in [0.25, 0.3) is 0 Å². The highest BCUT2D eigenvalue weighted by Gasteiger charge is 2.10. The molecule has 0 saturated carbocycles. The summed E-state index contributed by atoms with van der Waals surface area (Å²) in [6, 6.07) is 3.63. The molecule has 0 aliphatic carbocycles. The van der Waals surface area contributed by atoms with Gasteiger partial charge in [0.05, 0.1) is 5.69 Å². The van der Waals surface area contributed by atoms with Gasteiger partial charge in [-0.2, -0.15) is 0 Å². The Morgan fingerprint density at radius 1 is 1.29 bits per heavy atom. The zero-order chi connectivity index (χ0) is 13.7. The van der Waals surface area contributed by atoms with Crippen LogP contribution in [0.1, 0.15) is 12.2 Å². The van der Waals surface area contributed by atoms with Gasteiger partial charge in [0.2, 0.25) is 5.91 Å². The molecule has 116 valence electrons. The van der Waals surface area contributed by atoms with E-state index in [0.717, 1.165) is 5.82 Å². The van der Waals surface area contributed by atoms with Crippen molar-refractivity contribution < 1.29 is 4.79 Å². The molecule has 0 saturated heterocycles. The number of nitrogens with one attached hydrogen (secondary N) is 2. The molecule has 0 aromatic carbocycles. The van der Waals surface area contributed by atoms with Gasteiger partial charge < -0.3 is 10.6 Å². The van der Waals surface area contributed by atoms with Gasteiger partial charge in [-0.05, 0) is 26.1 Å². The lowest BCUT2D eigenvalue weighted by Gasteiger charge is -2.11. The number of imidazole rings is 1. The van der Waals surface area contributed by atoms with Gasteiger partial charge in [-0.3, -0.25) is 9.36 Å². The molecule has 0 unspecified atom stereocenters. The van der Waals surface area contributed by atoms with E-state index in [9.17, 15) is 4.79 Å². The summed E-state index contributed by atoms with van der Waals surface area (Å²) in [5, 5.41) is 5.81. The van der Waals surface area contributed by atoms with Gasteiger partial charge >= 0.3 is 0 Å². The average molecular weight is 332 g/mol. The van der Waals surface area contributed by atoms with Crippen molar-refractivity contribution in [2.75, 3.05) is 18.9 Å². The average Bonchev–Trinajstić information content (AvgIpc) is 2.83. The van der Waals surface area contributed by atoms with Crippen LogP contribution < -0.4 is 10.6 Å². The van der Waals surface area contributed by atoms with Gasteiger partial charge in [-0.15, -0.1) is 24.8 Å². The Labute approximate surface area is 136 Å². The van der Waals surface area contributed by atoms with E-state index in [1.807, 2.05) is 30.8 Å². The minimum absolute atomic E-state index is 0. The molecular weight excluding hydrogens is 313 g/mol. The van der Waals surface area contributed by atoms with E-state index in [1.165, 1.54) is 0 Å². The molecule has 2 heterocycles. The summed E-state index contributed by atoms with van der Waals surface area (Å²) in [6.45, 7) is 2.53. The first-order valence-corrected chi connectivity index (χ1v) is 6.12. The lowest BCUT2D eigenvalue weighted by Crippen LogP contribution is -2.19. The fourth-order valence-electron chi connectivity index (χ4n) is 1.74. The highest BCUT2D eigenvalue weighted by atomic mass is 35.5. The third-order valence-corrected chi connectivity index (χ3v) is 2.72. The van der Waals surface area contributed by atoms with Gasteiger partial charge in [-0.1, -0.05) is 0 Å². The molecule has 6 nitrogen and oxygen atoms in total. The lowest BCUT2D eigenvalue weighted by molar-refractivity contribution is -0.116. The number of hydrogen-bond acceptors (Lipinski definition) is 4. The number of aromatic nitrogens is 3. The molecule has 2 aromatic heterocycles. The Hall–Kier alpha value is -1.63. The van der Waals surface area contributed by atoms with Crippen molar-refractivity contribution >= 4 is 36.4 Å². The van der Waals surface area contributed by atoms with Crippen LogP contribution in [-0.2, 0) is 4.79 Å². The van der Waals surface area contributed by atoms with Gasteiger partial charge in [-0.25, -0.2) is 9.97 Å². The third-order valence-electron chi connectivity index (χ3n) is 2.72. The van der Waals surface area contributed by atoms with E-state index in [-0.39, 0.29) is 30.7 Å². The van der Waals surface area contributed by atoms with E-state index in [2.05, 4.69) is 20.6 Å². The van der Waals surface area contributed by atoms with Crippen LogP contribution in [0.3, 0.4) is 0 Å². The van der Waals surface area contributed by atoms with E-state index in [1.54, 1.807) is 18.5 Å². The van der Waals surface area contributed by atoms with Crippen LogP contribution in [0.2, 0.25) is 0 Å². The van der Waals surface area contributed by atoms with Gasteiger partial charge in [0.15, 0.2) is 5.82 Å². The van der Waals surface area contributed by atoms with Crippen LogP contribution in [0.4, 0.5) is 5.69 Å². The molecule has 0 atom stereocenters. The van der Waals surface area contributed by atoms with Crippen LogP contribution in [0.15, 0.2) is 30.7 Å². The normalized spacial score (nSPS) is 9.43. The summed E-state index contributed by atoms with van der Waals surface area (Å²) in [5.41, 5.74) is 0.685. The van der Waals surface area contributed by atoms with Crippen LogP contribution in [0.25, 0.3) is 5.82 Å². The zero-order valence-corrected chi connectivity index (χ0v) is 13.5. The maximum absolute atomic E-state index is 11.8. The fraction of sp³-hybridized carbons (Fsp3) is 0.308. The number of nitrogens with zero attached hydrogens (tertiary/aromatic N) is 3. The summed E-state index contributed by atoms with van der Waals surface area (Å²) < 4.78 is 1.84. The molecule has 2 aromatic rings. The Morgan fingerprint density at radius 2 is 2.05 bits per heavy atom. The first-order valence-electron chi connectivity index (χ1n) is 6.12. The predicted molar refractivity (Wildman–Crippen MR) is 87.8 cm³/mol. The van der Waals surface area contributed by atoms with E-state index < -0.39 is 0 Å². The Balaban J connectivity index is 0.00000200. The Bertz CT molecular complexity index is 573. The number of rotatable bonds is 5. The highest BCUT2D eigenvalue weighted by Crippen LogP contribution is 2.18. The number of carbonyl (C=O) groups is 1. The topological polar surface area (TPSA) is 71.8 Å². The summed E-state index contributed by atoms with van der Waals surface area (Å²) in [5.74, 6) is 1.46. The molecule has 2 N–H and O–H groups in total. The predicted octanol–water partition coefficient (Wildman–Crippen LogP) is 1.97. The highest BCUT2D eigenvalue weighted by molar-refractivity contribution is 5.92. The number of hydrogen-bond donors (Lipinski definition) is 2. The largest absolute Gasteiger partial charge is 0.323 e. The number of halogens is 2. The van der Waals surface area contributed by atoms with Crippen molar-refractivity contribution in [2.24, 2.45) is 0 Å². The van der Waals surface area contributed by atoms with Crippen molar-refractivity contribution in [3.05, 3.63) is 36.5 Å². The van der Waals surface area contributed by atoms with Crippen LogP contribution in [0.5, 0.6) is 0 Å². The molecule has 2 rings (SSSR count). The fourth-order valence-corrected chi connectivity index (χ4v) is 1.74. The van der Waals surface area contributed by atoms with Crippen LogP contribution in [-0.4, -0.2) is 34.0 Å². The second-order valence-corrected chi connectivity index (χ2v) is 4.12. The molecule has 0 bridgehead atoms. The number of aryl methyl sites for hydroxylation is 1. The van der Waals surface area contributed by atoms with Crippen LogP contribution in [0, 0.1) is 6.92 Å². The van der Waals surface area contributed by atoms with Crippen molar-refractivity contribution in [1.29, 1.82) is 0 Å². The molecule has 0 aliphatic heterocycles. The molecule has 21 heavy (non-hydrogen) atoms. The zero-order valence-electron chi connectivity index (χ0n) is 11.9. The molecule has 0 fully saturated rings. The number of anilines is 1. The Kier molecular flexibility index (Phi) is 8.61. The standard InChI is InChI=1S/C13H17N5O.2ClH/c1-10-15-8-9-18(10)13-11(4-3-6-16-13)17-12(19)5-7-14-2;;/h3-4,6,8-9,14H,5,7H2,1-2H3,(H,17,19);2*1H. The Morgan fingerprint density at radius 3 is 2.67 bits per heavy atom. The lowest BCUT2D eigenvalue weighted by atomic mass is 10.3. The number of pyridine rings is 1. The summed E-state index contributed by atoms with van der Waals surface area (Å²) in [6.07, 6.45) is 5.64. The minimum atomic E-state index is -0.0404. The van der Waals surface area contributed by atoms with Crippen molar-refractivity contribution in [3.63, 3.8) is 0 Å². The molecule has 0 aliphatic rings. The van der Waals surface area contributed by atoms with E-state index >= 15 is 0 Å². The quantitative estimate of drug-likeness (QED) is 0.878. The van der Waals surface area contributed by atoms with Crippen molar-refractivity contribution in [1.82, 2.24) is 19.9 Å². The maximum Gasteiger partial charge on any atom is 0.225 e. The van der Waals surface area contributed by atoms with E-state index in [0.29, 0.717) is 24.5 Å². The molecule has 1 amide bonds. The first kappa shape index (κ1) is 19.4. The monoisotopic (exact) mass is 331 g/mol. The minimum Gasteiger partial charge on any atom is -0.323 e. The van der Waals surface area contributed by atoms with Crippen molar-refractivity contribution in [2.45, 2.75) is 13.3 Å². The second-order valence-electron chi connectivity index (χ2n) is 4.12. The summed E-state index contributed by atoms with van der Waals surface area (Å²) >= 11 is 0. The molecule has 0 spiro atoms. The smallest absolute Gasteiger partial charge is 0.225 e. The SMILES string of the molecule is CNCCC(=O)Nc1cccnc1-n1ccnc1C.Cl.Cl. The van der Waals surface area contributed by atoms with E-state index in [4.69, 9.17) is 0 Å². The number of carbonyl (C=O) groups excluding carboxylic acids is 1. The van der Waals surface area contributed by atoms with Gasteiger partial charge in [0, 0.05) is 31.6 Å². The maximum atomic E-state index is 11.8. The first-order chi connectivity index (χ1) is 9.22. The summed E-state index contributed by atoms with van der Waals surface area (Å²) in [4.78, 5) is 20.2. The third kappa shape index (κ3) is 5.00. The van der Waals surface area contributed by atoms with Gasteiger partial charge in [0.1, 0.15) is 5.82 Å². The van der Waals surface area contributed by atoms with Crippen LogP contribution >= 0.6 is 24.8 Å². The second kappa shape index (κ2) is 9.33. The number of amides is 1. The van der Waals surface area contributed by atoms with Crippen molar-refractivity contribution in [3.8, 4) is 5.82 Å². The summed E-state index contributed by atoms with van der Waals surface area (Å²) in [7, 11) is 1.82. The molecule has 8 heteroatoms.